The zero-order chi connectivity index (χ0) is 31.9. The molecule has 0 spiro atoms. The van der Waals surface area contributed by atoms with Crippen molar-refractivity contribution in [2.75, 3.05) is 0 Å². The molecular formula is C44H28N4. The first-order valence-electron chi connectivity index (χ1n) is 16.0. The number of para-hydroxylation sites is 2. The zero-order valence-electron chi connectivity index (χ0n) is 26.0. The molecule has 0 atom stereocenters. The minimum absolute atomic E-state index is 0.686. The van der Waals surface area contributed by atoms with Gasteiger partial charge in [0.1, 0.15) is 0 Å². The number of hydrogen-bond donors (Lipinski definition) is 0. The molecular weight excluding hydrogens is 585 g/mol. The minimum atomic E-state index is 0.686. The predicted molar refractivity (Wildman–Crippen MR) is 197 cm³/mol. The summed E-state index contributed by atoms with van der Waals surface area (Å²) in [6.45, 7) is 0. The molecule has 0 saturated carbocycles. The van der Waals surface area contributed by atoms with Gasteiger partial charge in [-0.05, 0) is 63.4 Å². The molecule has 6 aromatic carbocycles. The molecule has 4 heteroatoms. The van der Waals surface area contributed by atoms with Gasteiger partial charge in [0, 0.05) is 39.9 Å². The summed E-state index contributed by atoms with van der Waals surface area (Å²) < 4.78 is 0. The quantitative estimate of drug-likeness (QED) is 0.194. The molecule has 48 heavy (non-hydrogen) atoms. The maximum absolute atomic E-state index is 5.17. The number of hydrogen-bond acceptors (Lipinski definition) is 4. The lowest BCUT2D eigenvalue weighted by atomic mass is 9.98. The van der Waals surface area contributed by atoms with E-state index < -0.39 is 0 Å². The van der Waals surface area contributed by atoms with E-state index in [2.05, 4.69) is 149 Å². The van der Waals surface area contributed by atoms with E-state index >= 15 is 0 Å². The number of benzene rings is 6. The predicted octanol–water partition coefficient (Wildman–Crippen LogP) is 11.1. The second-order valence-corrected chi connectivity index (χ2v) is 11.9. The van der Waals surface area contributed by atoms with Gasteiger partial charge in [0.05, 0.1) is 22.4 Å². The van der Waals surface area contributed by atoms with Gasteiger partial charge in [-0.15, -0.1) is 0 Å². The first kappa shape index (κ1) is 27.8. The third kappa shape index (κ3) is 4.97. The van der Waals surface area contributed by atoms with Crippen molar-refractivity contribution in [2.24, 2.45) is 0 Å². The fourth-order valence-corrected chi connectivity index (χ4v) is 6.63. The highest BCUT2D eigenvalue weighted by Crippen LogP contribution is 2.35. The van der Waals surface area contributed by atoms with E-state index in [0.717, 1.165) is 77.5 Å². The maximum Gasteiger partial charge on any atom is 0.160 e. The van der Waals surface area contributed by atoms with Gasteiger partial charge < -0.3 is 0 Å². The molecule has 0 amide bonds. The number of nitrogens with zero attached hydrogens (tertiary/aromatic N) is 4. The second-order valence-electron chi connectivity index (χ2n) is 11.9. The fraction of sp³-hybridized carbons (Fsp3) is 0. The average Bonchev–Trinajstić information content (AvgIpc) is 3.17. The van der Waals surface area contributed by atoms with Crippen LogP contribution in [0.2, 0.25) is 0 Å². The standard InChI is InChI=1S/C44H28N4/c1-2-10-34-29(8-1)9-7-13-39(34)43-28-42(32-20-16-30(17-21-32)35-24-26-45-40-14-5-3-11-37(35)40)47-44(48-43)33-22-18-31(19-23-33)36-25-27-46-41-15-6-4-12-38(36)41/h1-28H. The fourth-order valence-electron chi connectivity index (χ4n) is 6.63. The Bertz CT molecular complexity index is 2450. The molecule has 0 unspecified atom stereocenters. The molecule has 3 heterocycles. The van der Waals surface area contributed by atoms with E-state index in [-0.39, 0.29) is 0 Å². The number of fused-ring (bicyclic) bond motifs is 3. The van der Waals surface area contributed by atoms with Gasteiger partial charge >= 0.3 is 0 Å². The van der Waals surface area contributed by atoms with Crippen LogP contribution >= 0.6 is 0 Å². The van der Waals surface area contributed by atoms with Crippen LogP contribution in [0.4, 0.5) is 0 Å². The van der Waals surface area contributed by atoms with Crippen LogP contribution in [-0.2, 0) is 0 Å². The molecule has 0 aliphatic carbocycles. The van der Waals surface area contributed by atoms with E-state index in [9.17, 15) is 0 Å². The van der Waals surface area contributed by atoms with Gasteiger partial charge in [0.15, 0.2) is 5.82 Å². The van der Waals surface area contributed by atoms with Crippen LogP contribution in [-0.4, -0.2) is 19.9 Å². The highest BCUT2D eigenvalue weighted by Gasteiger charge is 2.14. The largest absolute Gasteiger partial charge is 0.256 e. The van der Waals surface area contributed by atoms with E-state index in [0.29, 0.717) is 5.82 Å². The molecule has 9 aromatic rings. The maximum atomic E-state index is 5.17. The Hall–Kier alpha value is -6.52. The summed E-state index contributed by atoms with van der Waals surface area (Å²) in [5, 5.41) is 4.61. The molecule has 4 nitrogen and oxygen atoms in total. The van der Waals surface area contributed by atoms with Gasteiger partial charge in [-0.2, -0.15) is 0 Å². The molecule has 0 N–H and O–H groups in total. The van der Waals surface area contributed by atoms with Crippen LogP contribution in [0.15, 0.2) is 170 Å². The van der Waals surface area contributed by atoms with E-state index in [1.165, 1.54) is 5.39 Å². The monoisotopic (exact) mass is 612 g/mol. The Balaban J connectivity index is 1.16. The van der Waals surface area contributed by atoms with Crippen LogP contribution < -0.4 is 0 Å². The molecule has 9 rings (SSSR count). The summed E-state index contributed by atoms with van der Waals surface area (Å²) in [7, 11) is 0. The SMILES string of the molecule is c1ccc2c(-c3cc(-c4ccc(-c5ccnc6ccccc56)cc4)nc(-c4ccc(-c5ccnc6ccccc56)cc4)n3)cccc2c1. The molecule has 0 aliphatic rings. The van der Waals surface area contributed by atoms with Gasteiger partial charge in [-0.1, -0.05) is 127 Å². The molecule has 0 radical (unpaired) electrons. The minimum Gasteiger partial charge on any atom is -0.256 e. The summed E-state index contributed by atoms with van der Waals surface area (Å²) in [5.41, 5.74) is 11.4. The molecule has 0 aliphatic heterocycles. The number of pyridine rings is 2. The third-order valence-electron chi connectivity index (χ3n) is 9.04. The zero-order valence-corrected chi connectivity index (χ0v) is 26.0. The number of aromatic nitrogens is 4. The van der Waals surface area contributed by atoms with Crippen molar-refractivity contribution in [1.29, 1.82) is 0 Å². The smallest absolute Gasteiger partial charge is 0.160 e. The Kier molecular flexibility index (Phi) is 6.76. The Morgan fingerprint density at radius 3 is 1.48 bits per heavy atom. The first-order valence-corrected chi connectivity index (χ1v) is 16.0. The highest BCUT2D eigenvalue weighted by molar-refractivity contribution is 5.97. The second kappa shape index (κ2) is 11.7. The lowest BCUT2D eigenvalue weighted by Crippen LogP contribution is -1.96. The van der Waals surface area contributed by atoms with Crippen molar-refractivity contribution >= 4 is 32.6 Å². The highest BCUT2D eigenvalue weighted by atomic mass is 14.9. The lowest BCUT2D eigenvalue weighted by Gasteiger charge is -2.12. The van der Waals surface area contributed by atoms with Crippen molar-refractivity contribution in [3.63, 3.8) is 0 Å². The van der Waals surface area contributed by atoms with Crippen LogP contribution in [0.5, 0.6) is 0 Å². The topological polar surface area (TPSA) is 51.6 Å². The van der Waals surface area contributed by atoms with E-state index in [1.54, 1.807) is 0 Å². The summed E-state index contributed by atoms with van der Waals surface area (Å²) in [6, 6.07) is 54.8. The summed E-state index contributed by atoms with van der Waals surface area (Å²) in [5.74, 6) is 0.686. The first-order chi connectivity index (χ1) is 23.8. The molecule has 0 saturated heterocycles. The summed E-state index contributed by atoms with van der Waals surface area (Å²) in [4.78, 5) is 19.4. The van der Waals surface area contributed by atoms with Crippen LogP contribution in [0, 0.1) is 0 Å². The lowest BCUT2D eigenvalue weighted by molar-refractivity contribution is 1.18. The van der Waals surface area contributed by atoms with Gasteiger partial charge in [0.25, 0.3) is 0 Å². The van der Waals surface area contributed by atoms with Crippen molar-refractivity contribution < 1.29 is 0 Å². The van der Waals surface area contributed by atoms with E-state index in [1.807, 2.05) is 30.6 Å². The Labute approximate surface area is 278 Å². The Morgan fingerprint density at radius 1 is 0.333 bits per heavy atom. The van der Waals surface area contributed by atoms with Crippen molar-refractivity contribution in [1.82, 2.24) is 19.9 Å². The Morgan fingerprint density at radius 2 is 0.833 bits per heavy atom. The van der Waals surface area contributed by atoms with Gasteiger partial charge in [0.2, 0.25) is 0 Å². The molecule has 3 aromatic heterocycles. The van der Waals surface area contributed by atoms with Crippen LogP contribution in [0.3, 0.4) is 0 Å². The van der Waals surface area contributed by atoms with Crippen molar-refractivity contribution in [3.05, 3.63) is 170 Å². The van der Waals surface area contributed by atoms with Crippen molar-refractivity contribution in [2.45, 2.75) is 0 Å². The van der Waals surface area contributed by atoms with Crippen molar-refractivity contribution in [3.8, 4) is 56.2 Å². The third-order valence-corrected chi connectivity index (χ3v) is 9.04. The average molecular weight is 613 g/mol. The number of rotatable bonds is 5. The van der Waals surface area contributed by atoms with E-state index in [4.69, 9.17) is 9.97 Å². The van der Waals surface area contributed by atoms with Crippen LogP contribution in [0.25, 0.3) is 88.7 Å². The molecule has 0 fully saturated rings. The van der Waals surface area contributed by atoms with Gasteiger partial charge in [-0.25, -0.2) is 9.97 Å². The summed E-state index contributed by atoms with van der Waals surface area (Å²) >= 11 is 0. The van der Waals surface area contributed by atoms with Gasteiger partial charge in [-0.3, -0.25) is 9.97 Å². The molecule has 224 valence electrons. The van der Waals surface area contributed by atoms with Crippen LogP contribution in [0.1, 0.15) is 0 Å². The normalized spacial score (nSPS) is 11.3. The summed E-state index contributed by atoms with van der Waals surface area (Å²) in [6.07, 6.45) is 3.75. The molecule has 0 bridgehead atoms.